The Labute approximate surface area is 172 Å². The Hall–Kier alpha value is -0.780. The van der Waals surface area contributed by atoms with Crippen LogP contribution in [-0.2, 0) is 0 Å². The first-order valence-corrected chi connectivity index (χ1v) is 12.4. The molecule has 0 fully saturated rings. The molecule has 0 rings (SSSR count). The third-order valence-electron chi connectivity index (χ3n) is 5.25. The van der Waals surface area contributed by atoms with Gasteiger partial charge in [0.25, 0.3) is 0 Å². The fourth-order valence-corrected chi connectivity index (χ4v) is 3.46. The van der Waals surface area contributed by atoms with Crippen molar-refractivity contribution in [3.63, 3.8) is 0 Å². The van der Waals surface area contributed by atoms with Crippen molar-refractivity contribution in [1.29, 1.82) is 0 Å². The molecule has 0 N–H and O–H groups in total. The van der Waals surface area contributed by atoms with E-state index in [1.54, 1.807) is 0 Å². The summed E-state index contributed by atoms with van der Waals surface area (Å²) in [4.78, 5) is 0. The van der Waals surface area contributed by atoms with Crippen molar-refractivity contribution >= 4 is 0 Å². The normalized spacial score (nSPS) is 12.2. The summed E-state index contributed by atoms with van der Waals surface area (Å²) < 4.78 is 0. The molecule has 0 aromatic carbocycles. The van der Waals surface area contributed by atoms with Crippen LogP contribution >= 0.6 is 0 Å². The van der Waals surface area contributed by atoms with Crippen LogP contribution in [0.3, 0.4) is 0 Å². The lowest BCUT2D eigenvalue weighted by molar-refractivity contribution is 0.533. The zero-order valence-corrected chi connectivity index (χ0v) is 18.9. The molecule has 158 valence electrons. The summed E-state index contributed by atoms with van der Waals surface area (Å²) in [5.74, 6) is 0. The van der Waals surface area contributed by atoms with Crippen molar-refractivity contribution in [3.8, 4) is 0 Å². The molecular weight excluding hydrogens is 324 g/mol. The lowest BCUT2D eigenvalue weighted by Crippen LogP contribution is -1.83. The zero-order chi connectivity index (χ0) is 19.7. The molecule has 0 heteroatoms. The Morgan fingerprint density at radius 3 is 1.19 bits per heavy atom. The van der Waals surface area contributed by atoms with Gasteiger partial charge in [0.2, 0.25) is 0 Å². The van der Waals surface area contributed by atoms with Crippen molar-refractivity contribution in [3.05, 3.63) is 36.5 Å². The first kappa shape index (κ1) is 26.2. The Kier molecular flexibility index (Phi) is 24.5. The van der Waals surface area contributed by atoms with Gasteiger partial charge in [-0.25, -0.2) is 0 Å². The molecule has 0 bridgehead atoms. The minimum atomic E-state index is 1.08. The van der Waals surface area contributed by atoms with Gasteiger partial charge in [0.15, 0.2) is 0 Å². The zero-order valence-electron chi connectivity index (χ0n) is 18.9. The second-order valence-corrected chi connectivity index (χ2v) is 8.03. The van der Waals surface area contributed by atoms with E-state index in [1.165, 1.54) is 103 Å². The third kappa shape index (κ3) is 25.2. The van der Waals surface area contributed by atoms with Crippen molar-refractivity contribution in [2.75, 3.05) is 0 Å². The highest BCUT2D eigenvalue weighted by Gasteiger charge is 1.94. The Bertz CT molecular complexity index is 334. The Morgan fingerprint density at radius 1 is 0.370 bits per heavy atom. The fourth-order valence-electron chi connectivity index (χ4n) is 3.46. The van der Waals surface area contributed by atoms with E-state index in [-0.39, 0.29) is 0 Å². The molecule has 0 aliphatic heterocycles. The van der Waals surface area contributed by atoms with E-state index < -0.39 is 0 Å². The van der Waals surface area contributed by atoms with Gasteiger partial charge in [-0.05, 0) is 32.1 Å². The molecule has 0 aliphatic rings. The summed E-state index contributed by atoms with van der Waals surface area (Å²) in [6.45, 7) is 4.48. The van der Waals surface area contributed by atoms with Crippen LogP contribution in [0.2, 0.25) is 0 Å². The molecule has 0 heterocycles. The first-order valence-electron chi connectivity index (χ1n) is 12.4. The van der Waals surface area contributed by atoms with Crippen molar-refractivity contribution in [2.45, 2.75) is 136 Å². The molecule has 0 spiro atoms. The predicted molar refractivity (Wildman–Crippen MR) is 126 cm³/mol. The van der Waals surface area contributed by atoms with Crippen molar-refractivity contribution in [1.82, 2.24) is 0 Å². The number of allylic oxidation sites excluding steroid dienone is 6. The summed E-state index contributed by atoms with van der Waals surface area (Å²) in [6, 6.07) is 0. The molecule has 0 aromatic heterocycles. The van der Waals surface area contributed by atoms with Gasteiger partial charge in [-0.3, -0.25) is 0 Å². The van der Waals surface area contributed by atoms with Gasteiger partial charge in [-0.1, -0.05) is 140 Å². The maximum atomic E-state index is 2.37. The smallest absolute Gasteiger partial charge is 0.0169 e. The third-order valence-corrected chi connectivity index (χ3v) is 5.25. The van der Waals surface area contributed by atoms with Crippen molar-refractivity contribution < 1.29 is 0 Å². The quantitative estimate of drug-likeness (QED) is 0.138. The Balaban J connectivity index is 3.12. The maximum Gasteiger partial charge on any atom is -0.0169 e. The number of unbranched alkanes of at least 4 members (excludes halogenated alkanes) is 15. The summed E-state index contributed by atoms with van der Waals surface area (Å²) in [6.07, 6.45) is 40.0. The summed E-state index contributed by atoms with van der Waals surface area (Å²) in [7, 11) is 0. The van der Waals surface area contributed by atoms with Gasteiger partial charge in [0.05, 0.1) is 0 Å². The van der Waals surface area contributed by atoms with Crippen molar-refractivity contribution in [2.24, 2.45) is 0 Å². The lowest BCUT2D eigenvalue weighted by atomic mass is 10.0. The van der Waals surface area contributed by atoms with Gasteiger partial charge >= 0.3 is 0 Å². The Morgan fingerprint density at radius 2 is 0.741 bits per heavy atom. The fraction of sp³-hybridized carbons (Fsp3) is 0.778. The summed E-state index contributed by atoms with van der Waals surface area (Å²) in [5.41, 5.74) is 0. The summed E-state index contributed by atoms with van der Waals surface area (Å²) >= 11 is 0. The minimum absolute atomic E-state index is 1.08. The van der Waals surface area contributed by atoms with E-state index in [0.29, 0.717) is 0 Å². The van der Waals surface area contributed by atoms with E-state index >= 15 is 0 Å². The molecule has 0 unspecified atom stereocenters. The van der Waals surface area contributed by atoms with Crippen LogP contribution in [0.5, 0.6) is 0 Å². The SMILES string of the molecule is CC/C=C/C/C=C/C/C=C/CCCCCCCCCCCCCCCCC. The van der Waals surface area contributed by atoms with Crippen LogP contribution in [0.1, 0.15) is 136 Å². The highest BCUT2D eigenvalue weighted by atomic mass is 14.0. The molecular formula is C27H50. The maximum absolute atomic E-state index is 2.37. The van der Waals surface area contributed by atoms with E-state index in [9.17, 15) is 0 Å². The molecule has 0 aromatic rings. The largest absolute Gasteiger partial charge is 0.0885 e. The minimum Gasteiger partial charge on any atom is -0.0885 e. The van der Waals surface area contributed by atoms with Crippen LogP contribution in [-0.4, -0.2) is 0 Å². The summed E-state index contributed by atoms with van der Waals surface area (Å²) in [5, 5.41) is 0. The average Bonchev–Trinajstić information content (AvgIpc) is 2.68. The van der Waals surface area contributed by atoms with Crippen LogP contribution < -0.4 is 0 Å². The van der Waals surface area contributed by atoms with Gasteiger partial charge in [0.1, 0.15) is 0 Å². The van der Waals surface area contributed by atoms with Gasteiger partial charge in [-0.15, -0.1) is 0 Å². The van der Waals surface area contributed by atoms with Gasteiger partial charge < -0.3 is 0 Å². The standard InChI is InChI=1S/C27H50/c1-3-5-7-9-11-13-15-17-19-21-23-25-27-26-24-22-20-18-16-14-12-10-8-6-4-2/h5,7,11,13,17,19H,3-4,6,8-10,12,14-16,18,20-27H2,1-2H3/b7-5+,13-11+,19-17+. The van der Waals surface area contributed by atoms with Gasteiger partial charge in [0, 0.05) is 0 Å². The van der Waals surface area contributed by atoms with E-state index in [0.717, 1.165) is 19.3 Å². The highest BCUT2D eigenvalue weighted by molar-refractivity contribution is 4.96. The van der Waals surface area contributed by atoms with Crippen LogP contribution in [0.4, 0.5) is 0 Å². The second kappa shape index (κ2) is 25.2. The molecule has 0 saturated heterocycles. The molecule has 0 nitrogen and oxygen atoms in total. The molecule has 0 amide bonds. The van der Waals surface area contributed by atoms with Crippen LogP contribution in [0.15, 0.2) is 36.5 Å². The molecule has 0 atom stereocenters. The van der Waals surface area contributed by atoms with Gasteiger partial charge in [-0.2, -0.15) is 0 Å². The molecule has 27 heavy (non-hydrogen) atoms. The molecule has 0 aliphatic carbocycles. The van der Waals surface area contributed by atoms with Crippen LogP contribution in [0, 0.1) is 0 Å². The highest BCUT2D eigenvalue weighted by Crippen LogP contribution is 2.13. The molecule has 0 saturated carbocycles. The second-order valence-electron chi connectivity index (χ2n) is 8.03. The van der Waals surface area contributed by atoms with E-state index in [1.807, 2.05) is 0 Å². The number of hydrogen-bond acceptors (Lipinski definition) is 0. The average molecular weight is 375 g/mol. The molecule has 0 radical (unpaired) electrons. The predicted octanol–water partition coefficient (Wildman–Crippen LogP) is 10.1. The lowest BCUT2D eigenvalue weighted by Gasteiger charge is -2.03. The number of rotatable bonds is 21. The van der Waals surface area contributed by atoms with E-state index in [4.69, 9.17) is 0 Å². The monoisotopic (exact) mass is 374 g/mol. The van der Waals surface area contributed by atoms with E-state index in [2.05, 4.69) is 50.3 Å². The number of hydrogen-bond donors (Lipinski definition) is 0. The van der Waals surface area contributed by atoms with Crippen LogP contribution in [0.25, 0.3) is 0 Å². The topological polar surface area (TPSA) is 0 Å². The first-order chi connectivity index (χ1) is 13.4.